The van der Waals surface area contributed by atoms with Gasteiger partial charge < -0.3 is 19.9 Å². The highest BCUT2D eigenvalue weighted by atomic mass is 16.5. The Morgan fingerprint density at radius 2 is 1.83 bits per heavy atom. The number of amides is 2. The van der Waals surface area contributed by atoms with Gasteiger partial charge in [0.25, 0.3) is 5.91 Å². The molecule has 0 bridgehead atoms. The third kappa shape index (κ3) is 6.26. The van der Waals surface area contributed by atoms with Crippen LogP contribution < -0.4 is 10.1 Å². The maximum absolute atomic E-state index is 13.8. The summed E-state index contributed by atoms with van der Waals surface area (Å²) in [6, 6.07) is 15.5. The standard InChI is InChI=1S/C29H40N4O3/c1-21(2)18-32(19-23-10-8-22(3)9-11-23)25-17-27(29(35)31-14-12-30-13-15-31)33(20-25)28(34)24-6-5-7-26(16-24)36-4/h5-11,16,21,25,27,30H,12-15,17-20H2,1-4H3. The van der Waals surface area contributed by atoms with E-state index in [1.807, 2.05) is 28.0 Å². The molecule has 2 atom stereocenters. The van der Waals surface area contributed by atoms with Gasteiger partial charge in [-0.2, -0.15) is 0 Å². The van der Waals surface area contributed by atoms with Crippen molar-refractivity contribution in [2.75, 3.05) is 46.4 Å². The molecule has 36 heavy (non-hydrogen) atoms. The Kier molecular flexibility index (Phi) is 8.64. The smallest absolute Gasteiger partial charge is 0.254 e. The Balaban J connectivity index is 1.61. The molecule has 2 fully saturated rings. The summed E-state index contributed by atoms with van der Waals surface area (Å²) < 4.78 is 5.35. The molecule has 0 aliphatic carbocycles. The van der Waals surface area contributed by atoms with Gasteiger partial charge in [0.1, 0.15) is 11.8 Å². The normalized spacial score (nSPS) is 20.3. The average Bonchev–Trinajstić information content (AvgIpc) is 3.34. The summed E-state index contributed by atoms with van der Waals surface area (Å²) in [5, 5.41) is 3.32. The first-order valence-electron chi connectivity index (χ1n) is 13.1. The number of hydrogen-bond donors (Lipinski definition) is 1. The fraction of sp³-hybridized carbons (Fsp3) is 0.517. The number of nitrogens with zero attached hydrogens (tertiary/aromatic N) is 3. The van der Waals surface area contributed by atoms with Crippen molar-refractivity contribution in [1.82, 2.24) is 20.0 Å². The van der Waals surface area contributed by atoms with Gasteiger partial charge in [0.15, 0.2) is 0 Å². The first kappa shape index (κ1) is 26.2. The summed E-state index contributed by atoms with van der Waals surface area (Å²) in [6.07, 6.45) is 0.650. The number of carbonyl (C=O) groups excluding carboxylic acids is 2. The first-order valence-corrected chi connectivity index (χ1v) is 13.1. The molecule has 7 heteroatoms. The zero-order valence-electron chi connectivity index (χ0n) is 22.1. The lowest BCUT2D eigenvalue weighted by Gasteiger charge is -2.32. The SMILES string of the molecule is COc1cccc(C(=O)N2CC(N(Cc3ccc(C)cc3)CC(C)C)CC2C(=O)N2CCNCC2)c1. The van der Waals surface area contributed by atoms with Gasteiger partial charge >= 0.3 is 0 Å². The highest BCUT2D eigenvalue weighted by Gasteiger charge is 2.43. The van der Waals surface area contributed by atoms with Crippen LogP contribution in [0.15, 0.2) is 48.5 Å². The molecule has 1 N–H and O–H groups in total. The van der Waals surface area contributed by atoms with Gasteiger partial charge in [-0.15, -0.1) is 0 Å². The van der Waals surface area contributed by atoms with E-state index in [2.05, 4.69) is 55.3 Å². The van der Waals surface area contributed by atoms with Gasteiger partial charge in [0.05, 0.1) is 7.11 Å². The molecule has 2 saturated heterocycles. The monoisotopic (exact) mass is 492 g/mol. The molecule has 0 spiro atoms. The number of methoxy groups -OCH3 is 1. The van der Waals surface area contributed by atoms with Crippen LogP contribution in [0.3, 0.4) is 0 Å². The van der Waals surface area contributed by atoms with Crippen molar-refractivity contribution in [3.63, 3.8) is 0 Å². The highest BCUT2D eigenvalue weighted by molar-refractivity contribution is 5.98. The van der Waals surface area contributed by atoms with Crippen LogP contribution in [0.4, 0.5) is 0 Å². The highest BCUT2D eigenvalue weighted by Crippen LogP contribution is 2.29. The minimum absolute atomic E-state index is 0.0649. The minimum atomic E-state index is -0.459. The number of ether oxygens (including phenoxy) is 1. The van der Waals surface area contributed by atoms with Crippen LogP contribution in [0.25, 0.3) is 0 Å². The molecule has 0 radical (unpaired) electrons. The molecule has 4 rings (SSSR count). The molecule has 194 valence electrons. The molecule has 2 unspecified atom stereocenters. The Hall–Kier alpha value is -2.90. The van der Waals surface area contributed by atoms with Crippen LogP contribution >= 0.6 is 0 Å². The van der Waals surface area contributed by atoms with Gasteiger partial charge in [-0.25, -0.2) is 0 Å². The minimum Gasteiger partial charge on any atom is -0.497 e. The van der Waals surface area contributed by atoms with E-state index in [0.29, 0.717) is 43.3 Å². The third-order valence-electron chi connectivity index (χ3n) is 7.19. The summed E-state index contributed by atoms with van der Waals surface area (Å²) in [4.78, 5) is 33.7. The third-order valence-corrected chi connectivity index (χ3v) is 7.19. The molecule has 2 aromatic carbocycles. The summed E-state index contributed by atoms with van der Waals surface area (Å²) >= 11 is 0. The van der Waals surface area contributed by atoms with Crippen LogP contribution in [0.2, 0.25) is 0 Å². The van der Waals surface area contributed by atoms with E-state index >= 15 is 0 Å². The Morgan fingerprint density at radius 1 is 1.11 bits per heavy atom. The summed E-state index contributed by atoms with van der Waals surface area (Å²) in [6.45, 7) is 11.7. The average molecular weight is 493 g/mol. The summed E-state index contributed by atoms with van der Waals surface area (Å²) in [5.41, 5.74) is 3.05. The maximum Gasteiger partial charge on any atom is 0.254 e. The van der Waals surface area contributed by atoms with Gasteiger partial charge in [-0.1, -0.05) is 49.7 Å². The second-order valence-electron chi connectivity index (χ2n) is 10.5. The van der Waals surface area contributed by atoms with E-state index in [1.54, 1.807) is 13.2 Å². The van der Waals surface area contributed by atoms with Crippen molar-refractivity contribution >= 4 is 11.8 Å². The van der Waals surface area contributed by atoms with E-state index in [4.69, 9.17) is 4.74 Å². The van der Waals surface area contributed by atoms with Crippen LogP contribution in [-0.2, 0) is 11.3 Å². The Labute approximate surface area is 215 Å². The molecule has 2 amide bonds. The molecule has 2 aromatic rings. The number of nitrogens with one attached hydrogen (secondary N) is 1. The summed E-state index contributed by atoms with van der Waals surface area (Å²) in [7, 11) is 1.60. The van der Waals surface area contributed by atoms with Crippen LogP contribution in [0, 0.1) is 12.8 Å². The van der Waals surface area contributed by atoms with Crippen molar-refractivity contribution in [3.05, 3.63) is 65.2 Å². The van der Waals surface area contributed by atoms with Crippen molar-refractivity contribution < 1.29 is 14.3 Å². The Morgan fingerprint density at radius 3 is 2.50 bits per heavy atom. The Bertz CT molecular complexity index is 1030. The molecule has 2 aliphatic rings. The molecular weight excluding hydrogens is 452 g/mol. The molecular formula is C29H40N4O3. The van der Waals surface area contributed by atoms with Gasteiger partial charge in [0.2, 0.25) is 5.91 Å². The lowest BCUT2D eigenvalue weighted by atomic mass is 10.1. The largest absolute Gasteiger partial charge is 0.497 e. The molecule has 0 aromatic heterocycles. The number of benzene rings is 2. The lowest BCUT2D eigenvalue weighted by Crippen LogP contribution is -2.53. The van der Waals surface area contributed by atoms with E-state index < -0.39 is 6.04 Å². The number of carbonyl (C=O) groups is 2. The van der Waals surface area contributed by atoms with E-state index in [-0.39, 0.29) is 17.9 Å². The number of likely N-dealkylation sites (tertiary alicyclic amines) is 1. The van der Waals surface area contributed by atoms with Crippen molar-refractivity contribution in [3.8, 4) is 5.75 Å². The topological polar surface area (TPSA) is 65.1 Å². The molecule has 2 aliphatic heterocycles. The second-order valence-corrected chi connectivity index (χ2v) is 10.5. The fourth-order valence-corrected chi connectivity index (χ4v) is 5.29. The zero-order chi connectivity index (χ0) is 25.7. The quantitative estimate of drug-likeness (QED) is 0.613. The molecule has 2 heterocycles. The van der Waals surface area contributed by atoms with Gasteiger partial charge in [-0.05, 0) is 43.0 Å². The number of rotatable bonds is 8. The van der Waals surface area contributed by atoms with Crippen molar-refractivity contribution in [2.24, 2.45) is 5.92 Å². The second kappa shape index (κ2) is 11.9. The number of piperazine rings is 1. The van der Waals surface area contributed by atoms with E-state index in [0.717, 1.165) is 26.2 Å². The maximum atomic E-state index is 13.8. The van der Waals surface area contributed by atoms with Crippen LogP contribution in [0.5, 0.6) is 5.75 Å². The van der Waals surface area contributed by atoms with Crippen molar-refractivity contribution in [1.29, 1.82) is 0 Å². The first-order chi connectivity index (χ1) is 17.4. The zero-order valence-corrected chi connectivity index (χ0v) is 22.1. The molecule has 0 saturated carbocycles. The van der Waals surface area contributed by atoms with E-state index in [9.17, 15) is 9.59 Å². The van der Waals surface area contributed by atoms with Crippen LogP contribution in [0.1, 0.15) is 41.8 Å². The fourth-order valence-electron chi connectivity index (χ4n) is 5.29. The summed E-state index contributed by atoms with van der Waals surface area (Å²) in [5.74, 6) is 1.07. The molecule has 7 nitrogen and oxygen atoms in total. The van der Waals surface area contributed by atoms with Crippen LogP contribution in [-0.4, -0.2) is 85.0 Å². The van der Waals surface area contributed by atoms with E-state index in [1.165, 1.54) is 11.1 Å². The number of hydrogen-bond acceptors (Lipinski definition) is 5. The number of aryl methyl sites for hydroxylation is 1. The lowest BCUT2D eigenvalue weighted by molar-refractivity contribution is -0.135. The predicted molar refractivity (Wildman–Crippen MR) is 142 cm³/mol. The van der Waals surface area contributed by atoms with Gasteiger partial charge in [0, 0.05) is 57.4 Å². The van der Waals surface area contributed by atoms with Crippen molar-refractivity contribution in [2.45, 2.75) is 45.8 Å². The predicted octanol–water partition coefficient (Wildman–Crippen LogP) is 3.18. The van der Waals surface area contributed by atoms with Gasteiger partial charge in [-0.3, -0.25) is 14.5 Å².